The smallest absolute Gasteiger partial charge is 0.310 e. The molecule has 0 spiro atoms. The molecule has 0 aliphatic carbocycles. The fourth-order valence-corrected chi connectivity index (χ4v) is 1.26. The highest BCUT2D eigenvalue weighted by atomic mass is 16.6. The first-order valence-electron chi connectivity index (χ1n) is 5.09. The second kappa shape index (κ2) is 6.51. The van der Waals surface area contributed by atoms with Gasteiger partial charge in [-0.05, 0) is 24.6 Å². The summed E-state index contributed by atoms with van der Waals surface area (Å²) in [6.07, 6.45) is 0.511. The van der Waals surface area contributed by atoms with Crippen LogP contribution in [0.25, 0.3) is 0 Å². The Morgan fingerprint density at radius 3 is 2.88 bits per heavy atom. The van der Waals surface area contributed by atoms with Gasteiger partial charge in [0.1, 0.15) is 0 Å². The summed E-state index contributed by atoms with van der Waals surface area (Å²) < 4.78 is 5.29. The van der Waals surface area contributed by atoms with E-state index in [1.54, 1.807) is 6.92 Å². The molecule has 1 aromatic rings. The summed E-state index contributed by atoms with van der Waals surface area (Å²) in [5.41, 5.74) is 0.471. The third kappa shape index (κ3) is 3.78. The number of nitro groups is 1. The van der Waals surface area contributed by atoms with E-state index >= 15 is 0 Å². The van der Waals surface area contributed by atoms with Crippen LogP contribution in [0, 0.1) is 22.0 Å². The highest BCUT2D eigenvalue weighted by Gasteiger charge is 2.15. The lowest BCUT2D eigenvalue weighted by atomic mass is 10.2. The first-order valence-corrected chi connectivity index (χ1v) is 5.09. The largest absolute Gasteiger partial charge is 0.486 e. The summed E-state index contributed by atoms with van der Waals surface area (Å²) in [5.74, 6) is 5.68. The van der Waals surface area contributed by atoms with Gasteiger partial charge in [-0.3, -0.25) is 10.1 Å². The average Bonchev–Trinajstić information content (AvgIpc) is 2.34. The predicted molar refractivity (Wildman–Crippen MR) is 62.6 cm³/mol. The number of nitrogens with zero attached hydrogens (tertiary/aromatic N) is 1. The zero-order valence-corrected chi connectivity index (χ0v) is 9.47. The van der Waals surface area contributed by atoms with Crippen molar-refractivity contribution in [1.29, 1.82) is 0 Å². The van der Waals surface area contributed by atoms with E-state index in [0.29, 0.717) is 12.0 Å². The molecule has 5 heteroatoms. The summed E-state index contributed by atoms with van der Waals surface area (Å²) in [6.45, 7) is 1.83. The van der Waals surface area contributed by atoms with Crippen LogP contribution in [0.4, 0.5) is 5.69 Å². The molecular formula is C12H13NO4. The van der Waals surface area contributed by atoms with Gasteiger partial charge in [0, 0.05) is 12.5 Å². The van der Waals surface area contributed by atoms with Crippen LogP contribution < -0.4 is 4.74 Å². The SMILES string of the molecule is CC#CCCOc1cc(CO)ccc1[N+](=O)[O-]. The maximum atomic E-state index is 10.7. The van der Waals surface area contributed by atoms with E-state index in [0.717, 1.165) is 0 Å². The molecular weight excluding hydrogens is 222 g/mol. The lowest BCUT2D eigenvalue weighted by Gasteiger charge is -2.06. The molecule has 0 heterocycles. The van der Waals surface area contributed by atoms with Crippen molar-refractivity contribution in [2.45, 2.75) is 20.0 Å². The van der Waals surface area contributed by atoms with Crippen molar-refractivity contribution in [3.8, 4) is 17.6 Å². The van der Waals surface area contributed by atoms with Gasteiger partial charge in [0.15, 0.2) is 5.75 Å². The molecule has 0 aliphatic heterocycles. The molecule has 0 radical (unpaired) electrons. The van der Waals surface area contributed by atoms with Gasteiger partial charge in [0.2, 0.25) is 0 Å². The first kappa shape index (κ1) is 13.0. The van der Waals surface area contributed by atoms with Crippen molar-refractivity contribution in [2.24, 2.45) is 0 Å². The van der Waals surface area contributed by atoms with Gasteiger partial charge in [-0.1, -0.05) is 0 Å². The summed E-state index contributed by atoms with van der Waals surface area (Å²) in [4.78, 5) is 10.2. The topological polar surface area (TPSA) is 72.6 Å². The molecule has 1 aromatic carbocycles. The molecule has 17 heavy (non-hydrogen) atoms. The summed E-state index contributed by atoms with van der Waals surface area (Å²) in [6, 6.07) is 4.29. The van der Waals surface area contributed by atoms with Gasteiger partial charge in [0.05, 0.1) is 18.1 Å². The van der Waals surface area contributed by atoms with Gasteiger partial charge in [-0.25, -0.2) is 0 Å². The Balaban J connectivity index is 2.84. The Hall–Kier alpha value is -2.06. The first-order chi connectivity index (χ1) is 8.19. The summed E-state index contributed by atoms with van der Waals surface area (Å²) >= 11 is 0. The molecule has 0 amide bonds. The Morgan fingerprint density at radius 1 is 1.53 bits per heavy atom. The quantitative estimate of drug-likeness (QED) is 0.366. The van der Waals surface area contributed by atoms with Crippen molar-refractivity contribution < 1.29 is 14.8 Å². The number of hydrogen-bond donors (Lipinski definition) is 1. The molecule has 0 unspecified atom stereocenters. The molecule has 90 valence electrons. The second-order valence-corrected chi connectivity index (χ2v) is 3.24. The van der Waals surface area contributed by atoms with Crippen LogP contribution in [0.2, 0.25) is 0 Å². The normalized spacial score (nSPS) is 9.29. The maximum Gasteiger partial charge on any atom is 0.310 e. The number of hydrogen-bond acceptors (Lipinski definition) is 4. The van der Waals surface area contributed by atoms with E-state index in [-0.39, 0.29) is 24.7 Å². The minimum atomic E-state index is -0.512. The minimum absolute atomic E-state index is 0.105. The van der Waals surface area contributed by atoms with Crippen LogP contribution in [0.5, 0.6) is 5.75 Å². The molecule has 0 fully saturated rings. The minimum Gasteiger partial charge on any atom is -0.486 e. The van der Waals surface area contributed by atoms with E-state index < -0.39 is 4.92 Å². The van der Waals surface area contributed by atoms with Gasteiger partial charge >= 0.3 is 5.69 Å². The lowest BCUT2D eigenvalue weighted by Crippen LogP contribution is -2.00. The van der Waals surface area contributed by atoms with Crippen molar-refractivity contribution in [3.63, 3.8) is 0 Å². The van der Waals surface area contributed by atoms with Crippen molar-refractivity contribution in [1.82, 2.24) is 0 Å². The monoisotopic (exact) mass is 235 g/mol. The highest BCUT2D eigenvalue weighted by molar-refractivity contribution is 5.48. The van der Waals surface area contributed by atoms with Crippen LogP contribution in [0.1, 0.15) is 18.9 Å². The molecule has 0 aromatic heterocycles. The van der Waals surface area contributed by atoms with Crippen LogP contribution >= 0.6 is 0 Å². The lowest BCUT2D eigenvalue weighted by molar-refractivity contribution is -0.385. The Bertz CT molecular complexity index is 459. The van der Waals surface area contributed by atoms with Crippen molar-refractivity contribution in [3.05, 3.63) is 33.9 Å². The van der Waals surface area contributed by atoms with Gasteiger partial charge in [-0.15, -0.1) is 11.8 Å². The molecule has 0 bridgehead atoms. The van der Waals surface area contributed by atoms with E-state index in [2.05, 4.69) is 11.8 Å². The number of ether oxygens (including phenoxy) is 1. The van der Waals surface area contributed by atoms with E-state index in [1.165, 1.54) is 18.2 Å². The zero-order chi connectivity index (χ0) is 12.7. The number of aliphatic hydroxyl groups is 1. The van der Waals surface area contributed by atoms with Crippen LogP contribution in [-0.4, -0.2) is 16.6 Å². The molecule has 0 aliphatic rings. The standard InChI is InChI=1S/C12H13NO4/c1-2-3-4-7-17-12-8-10(9-14)5-6-11(12)13(15)16/h5-6,8,14H,4,7,9H2,1H3. The number of benzene rings is 1. The number of nitro benzene ring substituents is 1. The van der Waals surface area contributed by atoms with Gasteiger partial charge in [-0.2, -0.15) is 0 Å². The fourth-order valence-electron chi connectivity index (χ4n) is 1.26. The summed E-state index contributed by atoms with van der Waals surface area (Å²) in [7, 11) is 0. The van der Waals surface area contributed by atoms with Crippen molar-refractivity contribution in [2.75, 3.05) is 6.61 Å². The van der Waals surface area contributed by atoms with Crippen LogP contribution in [-0.2, 0) is 6.61 Å². The maximum absolute atomic E-state index is 10.7. The average molecular weight is 235 g/mol. The zero-order valence-electron chi connectivity index (χ0n) is 9.47. The van der Waals surface area contributed by atoms with Crippen LogP contribution in [0.3, 0.4) is 0 Å². The van der Waals surface area contributed by atoms with Crippen LogP contribution in [0.15, 0.2) is 18.2 Å². The molecule has 0 saturated heterocycles. The van der Waals surface area contributed by atoms with Gasteiger partial charge < -0.3 is 9.84 Å². The second-order valence-electron chi connectivity index (χ2n) is 3.24. The Labute approximate surface area is 99.2 Å². The highest BCUT2D eigenvalue weighted by Crippen LogP contribution is 2.28. The third-order valence-electron chi connectivity index (χ3n) is 2.06. The molecule has 5 nitrogen and oxygen atoms in total. The molecule has 1 rings (SSSR count). The molecule has 1 N–H and O–H groups in total. The predicted octanol–water partition coefficient (Wildman–Crippen LogP) is 1.88. The van der Waals surface area contributed by atoms with Gasteiger partial charge in [0.25, 0.3) is 0 Å². The molecule has 0 atom stereocenters. The number of aliphatic hydroxyl groups excluding tert-OH is 1. The van der Waals surface area contributed by atoms with Crippen molar-refractivity contribution >= 4 is 5.69 Å². The Kier molecular flexibility index (Phi) is 4.98. The van der Waals surface area contributed by atoms with E-state index in [1.807, 2.05) is 0 Å². The summed E-state index contributed by atoms with van der Waals surface area (Å²) in [5, 5.41) is 19.7. The fraction of sp³-hybridized carbons (Fsp3) is 0.333. The molecule has 0 saturated carbocycles. The van der Waals surface area contributed by atoms with E-state index in [9.17, 15) is 10.1 Å². The number of rotatable bonds is 5. The van der Waals surface area contributed by atoms with E-state index in [4.69, 9.17) is 9.84 Å². The Morgan fingerprint density at radius 2 is 2.29 bits per heavy atom. The third-order valence-corrected chi connectivity index (χ3v) is 2.06.